The Kier molecular flexibility index (Phi) is 4.47. The van der Waals surface area contributed by atoms with Gasteiger partial charge in [-0.2, -0.15) is 0 Å². The molecule has 100 valence electrons. The van der Waals surface area contributed by atoms with Gasteiger partial charge >= 0.3 is 5.97 Å². The van der Waals surface area contributed by atoms with E-state index in [0.29, 0.717) is 30.9 Å². The molecule has 0 aliphatic carbocycles. The summed E-state index contributed by atoms with van der Waals surface area (Å²) >= 11 is 0. The van der Waals surface area contributed by atoms with Crippen LogP contribution in [0.1, 0.15) is 39.4 Å². The number of H-pyrrole nitrogens is 1. The van der Waals surface area contributed by atoms with Crippen LogP contribution in [0, 0.1) is 0 Å². The molecule has 0 fully saturated rings. The monoisotopic (exact) mass is 253 g/mol. The van der Waals surface area contributed by atoms with Gasteiger partial charge in [0.15, 0.2) is 0 Å². The van der Waals surface area contributed by atoms with Crippen LogP contribution in [0.5, 0.6) is 0 Å². The normalized spacial score (nSPS) is 11.3. The molecule has 0 spiro atoms. The number of aliphatic carboxylic acids is 1. The molecule has 6 nitrogen and oxygen atoms in total. The lowest BCUT2D eigenvalue weighted by molar-refractivity contribution is -0.142. The van der Waals surface area contributed by atoms with E-state index in [1.54, 1.807) is 13.8 Å². The van der Waals surface area contributed by atoms with E-state index in [4.69, 9.17) is 0 Å². The van der Waals surface area contributed by atoms with Crippen LogP contribution < -0.4 is 10.9 Å². The first-order valence-electron chi connectivity index (χ1n) is 6.09. The lowest BCUT2D eigenvalue weighted by atomic mass is 9.93. The summed E-state index contributed by atoms with van der Waals surface area (Å²) in [6.45, 7) is 5.45. The van der Waals surface area contributed by atoms with Gasteiger partial charge in [0.2, 0.25) is 0 Å². The number of nitrogens with zero attached hydrogens (tertiary/aromatic N) is 1. The van der Waals surface area contributed by atoms with Crippen molar-refractivity contribution in [2.45, 2.75) is 45.6 Å². The Labute approximate surface area is 105 Å². The van der Waals surface area contributed by atoms with Crippen molar-refractivity contribution in [3.63, 3.8) is 0 Å². The first kappa shape index (κ1) is 14.2. The van der Waals surface area contributed by atoms with Crippen LogP contribution in [0.15, 0.2) is 10.9 Å². The first-order valence-corrected chi connectivity index (χ1v) is 6.09. The quantitative estimate of drug-likeness (QED) is 0.712. The number of hydrogen-bond acceptors (Lipinski definition) is 4. The van der Waals surface area contributed by atoms with Crippen LogP contribution in [0.3, 0.4) is 0 Å². The van der Waals surface area contributed by atoms with Gasteiger partial charge in [0.05, 0.1) is 0 Å². The molecule has 1 aromatic heterocycles. The number of aryl methyl sites for hydroxylation is 1. The second-order valence-corrected chi connectivity index (χ2v) is 4.15. The standard InChI is InChI=1S/C12H19N3O3/c1-4-8-13-9(7-10(16)14-8)15-12(5-2,6-3)11(17)18/h7H,4-6H2,1-3H3,(H,17,18)(H2,13,14,15,16). The van der Waals surface area contributed by atoms with Gasteiger partial charge in [-0.3, -0.25) is 4.79 Å². The SMILES string of the molecule is CCc1nc(NC(CC)(CC)C(=O)O)cc(=O)[nH]1. The molecule has 1 heterocycles. The summed E-state index contributed by atoms with van der Waals surface area (Å²) < 4.78 is 0. The molecular formula is C12H19N3O3. The Morgan fingerprint density at radius 2 is 2.06 bits per heavy atom. The molecule has 3 N–H and O–H groups in total. The highest BCUT2D eigenvalue weighted by Crippen LogP contribution is 2.20. The third-order valence-electron chi connectivity index (χ3n) is 3.11. The number of carboxylic acids is 1. The molecule has 0 saturated carbocycles. The van der Waals surface area contributed by atoms with Crippen molar-refractivity contribution in [1.29, 1.82) is 0 Å². The van der Waals surface area contributed by atoms with Gasteiger partial charge < -0.3 is 15.4 Å². The molecule has 0 aliphatic heterocycles. The maximum atomic E-state index is 11.4. The van der Waals surface area contributed by atoms with Crippen LogP contribution in [0.4, 0.5) is 5.82 Å². The van der Waals surface area contributed by atoms with Gasteiger partial charge in [-0.05, 0) is 12.8 Å². The fraction of sp³-hybridized carbons (Fsp3) is 0.583. The number of carbonyl (C=O) groups is 1. The van der Waals surface area contributed by atoms with Crippen molar-refractivity contribution < 1.29 is 9.90 Å². The number of rotatable bonds is 6. The topological polar surface area (TPSA) is 95.1 Å². The zero-order valence-electron chi connectivity index (χ0n) is 10.9. The fourth-order valence-electron chi connectivity index (χ4n) is 1.77. The second-order valence-electron chi connectivity index (χ2n) is 4.15. The van der Waals surface area contributed by atoms with E-state index in [9.17, 15) is 14.7 Å². The second kappa shape index (κ2) is 5.66. The molecule has 0 unspecified atom stereocenters. The molecule has 1 aromatic rings. The number of carboxylic acid groups (broad SMARTS) is 1. The van der Waals surface area contributed by atoms with Gasteiger partial charge in [0, 0.05) is 12.5 Å². The predicted molar refractivity (Wildman–Crippen MR) is 68.8 cm³/mol. The lowest BCUT2D eigenvalue weighted by Crippen LogP contribution is -2.45. The minimum atomic E-state index is -1.08. The fourth-order valence-corrected chi connectivity index (χ4v) is 1.77. The summed E-state index contributed by atoms with van der Waals surface area (Å²) in [4.78, 5) is 29.5. The Bertz CT molecular complexity index is 478. The van der Waals surface area contributed by atoms with E-state index < -0.39 is 11.5 Å². The minimum Gasteiger partial charge on any atom is -0.480 e. The van der Waals surface area contributed by atoms with Crippen molar-refractivity contribution in [2.24, 2.45) is 0 Å². The van der Waals surface area contributed by atoms with Crippen LogP contribution in [-0.4, -0.2) is 26.6 Å². The van der Waals surface area contributed by atoms with E-state index in [2.05, 4.69) is 15.3 Å². The van der Waals surface area contributed by atoms with Crippen LogP contribution >= 0.6 is 0 Å². The van der Waals surface area contributed by atoms with Gasteiger partial charge in [0.25, 0.3) is 5.56 Å². The van der Waals surface area contributed by atoms with E-state index in [0.717, 1.165) is 0 Å². The molecular weight excluding hydrogens is 234 g/mol. The predicted octanol–water partition coefficient (Wildman–Crippen LogP) is 1.39. The Morgan fingerprint density at radius 1 is 1.44 bits per heavy atom. The number of nitrogens with one attached hydrogen (secondary N) is 2. The molecule has 0 atom stereocenters. The van der Waals surface area contributed by atoms with Gasteiger partial charge in [-0.1, -0.05) is 20.8 Å². The molecule has 1 rings (SSSR count). The average Bonchev–Trinajstić information content (AvgIpc) is 2.35. The van der Waals surface area contributed by atoms with Gasteiger partial charge in [-0.15, -0.1) is 0 Å². The summed E-state index contributed by atoms with van der Waals surface area (Å²) in [5.74, 6) is -0.0918. The van der Waals surface area contributed by atoms with Crippen molar-refractivity contribution in [2.75, 3.05) is 5.32 Å². The van der Waals surface area contributed by atoms with Crippen molar-refractivity contribution in [3.8, 4) is 0 Å². The lowest BCUT2D eigenvalue weighted by Gasteiger charge is -2.28. The van der Waals surface area contributed by atoms with Gasteiger partial charge in [0.1, 0.15) is 17.2 Å². The van der Waals surface area contributed by atoms with E-state index in [1.807, 2.05) is 6.92 Å². The maximum Gasteiger partial charge on any atom is 0.329 e. The summed E-state index contributed by atoms with van der Waals surface area (Å²) in [7, 11) is 0. The van der Waals surface area contributed by atoms with Gasteiger partial charge in [-0.25, -0.2) is 9.78 Å². The molecule has 0 saturated heterocycles. The molecule has 0 aromatic carbocycles. The summed E-state index contributed by atoms with van der Waals surface area (Å²) in [6, 6.07) is 1.28. The minimum absolute atomic E-state index is 0.282. The van der Waals surface area contributed by atoms with E-state index in [1.165, 1.54) is 6.07 Å². The highest BCUT2D eigenvalue weighted by atomic mass is 16.4. The summed E-state index contributed by atoms with van der Waals surface area (Å²) in [6.07, 6.45) is 1.41. The smallest absolute Gasteiger partial charge is 0.329 e. The molecule has 18 heavy (non-hydrogen) atoms. The number of aromatic amines is 1. The van der Waals surface area contributed by atoms with Crippen LogP contribution in [0.2, 0.25) is 0 Å². The van der Waals surface area contributed by atoms with Crippen LogP contribution in [-0.2, 0) is 11.2 Å². The number of anilines is 1. The highest BCUT2D eigenvalue weighted by Gasteiger charge is 2.35. The third-order valence-corrected chi connectivity index (χ3v) is 3.11. The summed E-state index contributed by atoms with van der Waals surface area (Å²) in [5.41, 5.74) is -1.36. The Hall–Kier alpha value is -1.85. The molecule has 0 bridgehead atoms. The molecule has 0 amide bonds. The maximum absolute atomic E-state index is 11.4. The van der Waals surface area contributed by atoms with E-state index in [-0.39, 0.29) is 5.56 Å². The van der Waals surface area contributed by atoms with Crippen LogP contribution in [0.25, 0.3) is 0 Å². The number of hydrogen-bond donors (Lipinski definition) is 3. The zero-order valence-corrected chi connectivity index (χ0v) is 10.9. The molecule has 0 aliphatic rings. The summed E-state index contributed by atoms with van der Waals surface area (Å²) in [5, 5.41) is 12.2. The average molecular weight is 253 g/mol. The molecule has 0 radical (unpaired) electrons. The third kappa shape index (κ3) is 2.88. The Balaban J connectivity index is 3.12. The first-order chi connectivity index (χ1) is 8.47. The van der Waals surface area contributed by atoms with Crippen molar-refractivity contribution in [3.05, 3.63) is 22.2 Å². The van der Waals surface area contributed by atoms with E-state index >= 15 is 0 Å². The number of aromatic nitrogens is 2. The zero-order chi connectivity index (χ0) is 13.8. The highest BCUT2D eigenvalue weighted by molar-refractivity contribution is 5.82. The van der Waals surface area contributed by atoms with Crippen molar-refractivity contribution >= 4 is 11.8 Å². The largest absolute Gasteiger partial charge is 0.480 e. The Morgan fingerprint density at radius 3 is 2.50 bits per heavy atom. The van der Waals surface area contributed by atoms with Crippen molar-refractivity contribution in [1.82, 2.24) is 9.97 Å². The molecule has 6 heteroatoms.